The number of H-pyrrole nitrogens is 1. The maximum Gasteiger partial charge on any atom is 0.256 e. The molecule has 1 saturated heterocycles. The fraction of sp³-hybridized carbons (Fsp3) is 0.231. The zero-order valence-electron chi connectivity index (χ0n) is 18.0. The Morgan fingerprint density at radius 3 is 2.34 bits per heavy atom. The van der Waals surface area contributed by atoms with E-state index in [1.54, 1.807) is 0 Å². The first-order chi connectivity index (χ1) is 15.6. The summed E-state index contributed by atoms with van der Waals surface area (Å²) in [6.07, 6.45) is 0.570. The summed E-state index contributed by atoms with van der Waals surface area (Å²) in [6.45, 7) is 5.26. The maximum atomic E-state index is 13.0. The maximum absolute atomic E-state index is 13.0. The van der Waals surface area contributed by atoms with Gasteiger partial charge >= 0.3 is 0 Å². The van der Waals surface area contributed by atoms with Crippen LogP contribution in [0.25, 0.3) is 10.8 Å². The van der Waals surface area contributed by atoms with E-state index in [-0.39, 0.29) is 5.56 Å². The van der Waals surface area contributed by atoms with Crippen molar-refractivity contribution in [2.75, 3.05) is 36.0 Å². The highest BCUT2D eigenvalue weighted by Gasteiger charge is 2.20. The van der Waals surface area contributed by atoms with E-state index >= 15 is 0 Å². The number of anilines is 2. The van der Waals surface area contributed by atoms with Gasteiger partial charge in [0.1, 0.15) is 0 Å². The van der Waals surface area contributed by atoms with Gasteiger partial charge in [-0.1, -0.05) is 54.1 Å². The van der Waals surface area contributed by atoms with Crippen LogP contribution in [0, 0.1) is 6.92 Å². The molecule has 0 unspecified atom stereocenters. The number of hydrogen-bond donors (Lipinski definition) is 1. The van der Waals surface area contributed by atoms with E-state index in [1.165, 1.54) is 10.8 Å². The van der Waals surface area contributed by atoms with Crippen molar-refractivity contribution in [3.05, 3.63) is 98.9 Å². The molecule has 0 aliphatic carbocycles. The van der Waals surface area contributed by atoms with Crippen molar-refractivity contribution in [2.45, 2.75) is 13.3 Å². The third-order valence-electron chi connectivity index (χ3n) is 6.23. The molecule has 6 heteroatoms. The Balaban J connectivity index is 1.34. The van der Waals surface area contributed by atoms with Crippen LogP contribution in [-0.4, -0.2) is 36.1 Å². The molecule has 0 spiro atoms. The molecule has 1 N–H and O–H groups in total. The number of rotatable bonds is 4. The van der Waals surface area contributed by atoms with Crippen molar-refractivity contribution in [1.82, 2.24) is 9.97 Å². The van der Waals surface area contributed by atoms with Crippen molar-refractivity contribution in [2.24, 2.45) is 0 Å². The van der Waals surface area contributed by atoms with E-state index < -0.39 is 0 Å². The zero-order chi connectivity index (χ0) is 22.1. The molecular weight excluding hydrogens is 420 g/mol. The Kier molecular flexibility index (Phi) is 5.58. The molecule has 5 nitrogen and oxygen atoms in total. The smallest absolute Gasteiger partial charge is 0.256 e. The highest BCUT2D eigenvalue weighted by Crippen LogP contribution is 2.23. The van der Waals surface area contributed by atoms with Gasteiger partial charge < -0.3 is 9.80 Å². The first kappa shape index (κ1) is 20.6. The van der Waals surface area contributed by atoms with Crippen LogP contribution in [0.2, 0.25) is 5.02 Å². The number of fused-ring (bicyclic) bond motifs is 1. The number of aryl methyl sites for hydroxylation is 1. The molecule has 0 amide bonds. The second-order valence-electron chi connectivity index (χ2n) is 8.22. The summed E-state index contributed by atoms with van der Waals surface area (Å²) in [5.41, 5.74) is 3.77. The monoisotopic (exact) mass is 444 g/mol. The van der Waals surface area contributed by atoms with Gasteiger partial charge in [-0.15, -0.1) is 0 Å². The summed E-state index contributed by atoms with van der Waals surface area (Å²) in [6, 6.07) is 22.4. The fourth-order valence-electron chi connectivity index (χ4n) is 4.42. The summed E-state index contributed by atoms with van der Waals surface area (Å²) in [5.74, 6) is 0.657. The Morgan fingerprint density at radius 2 is 1.59 bits per heavy atom. The van der Waals surface area contributed by atoms with Crippen LogP contribution < -0.4 is 15.4 Å². The molecule has 1 aliphatic heterocycles. The van der Waals surface area contributed by atoms with Gasteiger partial charge in [0.15, 0.2) is 0 Å². The van der Waals surface area contributed by atoms with Gasteiger partial charge in [0.25, 0.3) is 5.56 Å². The number of halogens is 1. The lowest BCUT2D eigenvalue weighted by Crippen LogP contribution is -2.47. The lowest BCUT2D eigenvalue weighted by Gasteiger charge is -2.36. The Bertz CT molecular complexity index is 1300. The zero-order valence-corrected chi connectivity index (χ0v) is 18.8. The first-order valence-electron chi connectivity index (χ1n) is 10.9. The standard InChI is InChI=1S/C26H25ClN4O/c1-18-24(17-20-7-4-6-19-5-2-3-8-23(19)20)25(32)29-26(28-18)31-15-13-30(14-16-31)22-11-9-21(27)10-12-22/h2-12H,13-17H2,1H3,(H,28,29,32). The molecule has 0 saturated carbocycles. The number of benzene rings is 3. The normalized spacial score (nSPS) is 14.2. The predicted octanol–water partition coefficient (Wildman–Crippen LogP) is 4.80. The summed E-state index contributed by atoms with van der Waals surface area (Å²) >= 11 is 6.01. The fourth-order valence-corrected chi connectivity index (χ4v) is 4.54. The van der Waals surface area contributed by atoms with Crippen molar-refractivity contribution in [3.8, 4) is 0 Å². The van der Waals surface area contributed by atoms with E-state index in [1.807, 2.05) is 49.4 Å². The Labute approximate surface area is 192 Å². The average Bonchev–Trinajstić information content (AvgIpc) is 2.82. The SMILES string of the molecule is Cc1nc(N2CCN(c3ccc(Cl)cc3)CC2)[nH]c(=O)c1Cc1cccc2ccccc12. The predicted molar refractivity (Wildman–Crippen MR) is 132 cm³/mol. The van der Waals surface area contributed by atoms with Crippen molar-refractivity contribution in [1.29, 1.82) is 0 Å². The molecule has 0 bridgehead atoms. The van der Waals surface area contributed by atoms with E-state index in [4.69, 9.17) is 16.6 Å². The van der Waals surface area contributed by atoms with Crippen LogP contribution in [0.3, 0.4) is 0 Å². The molecule has 0 atom stereocenters. The number of piperazine rings is 1. The lowest BCUT2D eigenvalue weighted by molar-refractivity contribution is 0.637. The van der Waals surface area contributed by atoms with Gasteiger partial charge in [-0.3, -0.25) is 9.78 Å². The van der Waals surface area contributed by atoms with Gasteiger partial charge in [-0.25, -0.2) is 4.98 Å². The summed E-state index contributed by atoms with van der Waals surface area (Å²) in [4.78, 5) is 25.3. The summed E-state index contributed by atoms with van der Waals surface area (Å²) < 4.78 is 0. The number of nitrogens with one attached hydrogen (secondary N) is 1. The Morgan fingerprint density at radius 1 is 0.906 bits per heavy atom. The topological polar surface area (TPSA) is 52.2 Å². The van der Waals surface area contributed by atoms with Crippen LogP contribution in [0.5, 0.6) is 0 Å². The number of aromatic amines is 1. The molecule has 32 heavy (non-hydrogen) atoms. The third-order valence-corrected chi connectivity index (χ3v) is 6.48. The van der Waals surface area contributed by atoms with Crippen LogP contribution in [0.4, 0.5) is 11.6 Å². The number of aromatic nitrogens is 2. The molecule has 1 aliphatic rings. The number of hydrogen-bond acceptors (Lipinski definition) is 4. The van der Waals surface area contributed by atoms with Crippen molar-refractivity contribution < 1.29 is 0 Å². The molecular formula is C26H25ClN4O. The van der Waals surface area contributed by atoms with Gasteiger partial charge in [0, 0.05) is 48.9 Å². The van der Waals surface area contributed by atoms with Crippen LogP contribution >= 0.6 is 11.6 Å². The second kappa shape index (κ2) is 8.67. The molecule has 5 rings (SSSR count). The van der Waals surface area contributed by atoms with E-state index in [0.717, 1.165) is 53.7 Å². The third kappa shape index (κ3) is 4.08. The summed E-state index contributed by atoms with van der Waals surface area (Å²) in [5, 5.41) is 3.10. The van der Waals surface area contributed by atoms with Gasteiger partial charge in [0.2, 0.25) is 5.95 Å². The second-order valence-corrected chi connectivity index (χ2v) is 8.66. The highest BCUT2D eigenvalue weighted by molar-refractivity contribution is 6.30. The Hall–Kier alpha value is -3.31. The van der Waals surface area contributed by atoms with E-state index in [0.29, 0.717) is 12.4 Å². The van der Waals surface area contributed by atoms with Crippen LogP contribution in [0.15, 0.2) is 71.5 Å². The van der Waals surface area contributed by atoms with Crippen LogP contribution in [-0.2, 0) is 6.42 Å². The van der Waals surface area contributed by atoms with E-state index in [2.05, 4.69) is 39.0 Å². The molecule has 4 aromatic rings. The minimum atomic E-state index is -0.0550. The largest absolute Gasteiger partial charge is 0.368 e. The van der Waals surface area contributed by atoms with Gasteiger partial charge in [0.05, 0.1) is 5.69 Å². The molecule has 0 radical (unpaired) electrons. The quantitative estimate of drug-likeness (QED) is 0.491. The number of nitrogens with zero attached hydrogens (tertiary/aromatic N) is 3. The van der Waals surface area contributed by atoms with Gasteiger partial charge in [-0.2, -0.15) is 0 Å². The molecule has 2 heterocycles. The highest BCUT2D eigenvalue weighted by atomic mass is 35.5. The molecule has 1 aromatic heterocycles. The van der Waals surface area contributed by atoms with Crippen molar-refractivity contribution >= 4 is 34.0 Å². The van der Waals surface area contributed by atoms with Gasteiger partial charge in [-0.05, 0) is 47.5 Å². The summed E-state index contributed by atoms with van der Waals surface area (Å²) in [7, 11) is 0. The molecule has 162 valence electrons. The lowest BCUT2D eigenvalue weighted by atomic mass is 9.98. The minimum absolute atomic E-state index is 0.0550. The van der Waals surface area contributed by atoms with Crippen molar-refractivity contribution in [3.63, 3.8) is 0 Å². The van der Waals surface area contributed by atoms with Crippen LogP contribution in [0.1, 0.15) is 16.8 Å². The molecule has 3 aromatic carbocycles. The molecule has 1 fully saturated rings. The average molecular weight is 445 g/mol. The minimum Gasteiger partial charge on any atom is -0.368 e. The first-order valence-corrected chi connectivity index (χ1v) is 11.3. The van der Waals surface area contributed by atoms with E-state index in [9.17, 15) is 4.79 Å².